The van der Waals surface area contributed by atoms with Crippen LogP contribution in [0.25, 0.3) is 11.0 Å². The van der Waals surface area contributed by atoms with Gasteiger partial charge in [-0.2, -0.15) is 0 Å². The van der Waals surface area contributed by atoms with E-state index in [1.165, 1.54) is 0 Å². The zero-order chi connectivity index (χ0) is 21.1. The summed E-state index contributed by atoms with van der Waals surface area (Å²) in [5.41, 5.74) is 1.72. The summed E-state index contributed by atoms with van der Waals surface area (Å²) in [4.78, 5) is 27.2. The van der Waals surface area contributed by atoms with Gasteiger partial charge in [0.25, 0.3) is 0 Å². The Bertz CT molecular complexity index is 1100. The molecule has 0 spiro atoms. The predicted molar refractivity (Wildman–Crippen MR) is 115 cm³/mol. The Morgan fingerprint density at radius 2 is 1.67 bits per heavy atom. The molecule has 2 heterocycles. The van der Waals surface area contributed by atoms with E-state index in [0.717, 1.165) is 23.2 Å². The van der Waals surface area contributed by atoms with E-state index in [0.29, 0.717) is 32.0 Å². The lowest BCUT2D eigenvalue weighted by molar-refractivity contribution is -0.131. The summed E-state index contributed by atoms with van der Waals surface area (Å²) in [7, 11) is 1.76. The van der Waals surface area contributed by atoms with Gasteiger partial charge in [-0.05, 0) is 30.7 Å². The lowest BCUT2D eigenvalue weighted by atomic mass is 10.2. The number of fused-ring (bicyclic) bond motifs is 2. The summed E-state index contributed by atoms with van der Waals surface area (Å²) in [6, 6.07) is 15.3. The topological polar surface area (TPSA) is 65.7 Å². The number of nitrogens with zero attached hydrogens (tertiary/aromatic N) is 3. The monoisotopic (exact) mass is 409 g/mol. The van der Waals surface area contributed by atoms with Crippen LogP contribution in [0, 0.1) is 0 Å². The molecule has 1 atom stereocenters. The van der Waals surface area contributed by atoms with Crippen LogP contribution in [0.15, 0.2) is 53.3 Å². The second-order valence-corrected chi connectivity index (χ2v) is 7.60. The van der Waals surface area contributed by atoms with Crippen molar-refractivity contribution < 1.29 is 14.3 Å². The van der Waals surface area contributed by atoms with Crippen molar-refractivity contribution in [2.24, 2.45) is 0 Å². The van der Waals surface area contributed by atoms with Crippen LogP contribution in [-0.2, 0) is 17.9 Å². The Labute approximate surface area is 175 Å². The van der Waals surface area contributed by atoms with Crippen LogP contribution >= 0.6 is 0 Å². The molecule has 1 amide bonds. The van der Waals surface area contributed by atoms with Crippen molar-refractivity contribution in [2.45, 2.75) is 39.0 Å². The SMILES string of the molecule is CCCn1c(=O)n(CCC(=O)N(C)C[C@@H]2COc3ccccc3O2)c2ccccc21. The van der Waals surface area contributed by atoms with Crippen molar-refractivity contribution in [1.82, 2.24) is 14.0 Å². The minimum atomic E-state index is -0.219. The molecule has 0 radical (unpaired) electrons. The zero-order valence-corrected chi connectivity index (χ0v) is 17.4. The maximum absolute atomic E-state index is 12.9. The third-order valence-corrected chi connectivity index (χ3v) is 5.39. The number of hydrogen-bond donors (Lipinski definition) is 0. The van der Waals surface area contributed by atoms with E-state index in [1.54, 1.807) is 21.1 Å². The molecule has 4 rings (SSSR count). The molecule has 0 aliphatic carbocycles. The average molecular weight is 409 g/mol. The van der Waals surface area contributed by atoms with Crippen molar-refractivity contribution in [1.29, 1.82) is 0 Å². The number of rotatable bonds is 7. The van der Waals surface area contributed by atoms with Crippen LogP contribution in [-0.4, -0.2) is 46.2 Å². The van der Waals surface area contributed by atoms with E-state index in [-0.39, 0.29) is 24.1 Å². The summed E-state index contributed by atoms with van der Waals surface area (Å²) < 4.78 is 15.2. The molecule has 0 N–H and O–H groups in total. The molecule has 3 aromatic rings. The van der Waals surface area contributed by atoms with Gasteiger partial charge < -0.3 is 14.4 Å². The van der Waals surface area contributed by atoms with Crippen molar-refractivity contribution in [2.75, 3.05) is 20.2 Å². The Hall–Kier alpha value is -3.22. The van der Waals surface area contributed by atoms with Gasteiger partial charge >= 0.3 is 5.69 Å². The third kappa shape index (κ3) is 3.92. The largest absolute Gasteiger partial charge is 0.486 e. The fraction of sp³-hybridized carbons (Fsp3) is 0.391. The summed E-state index contributed by atoms with van der Waals surface area (Å²) in [5.74, 6) is 1.40. The Balaban J connectivity index is 1.40. The highest BCUT2D eigenvalue weighted by atomic mass is 16.6. The summed E-state index contributed by atoms with van der Waals surface area (Å²) in [5, 5.41) is 0. The molecular formula is C23H27N3O4. The summed E-state index contributed by atoms with van der Waals surface area (Å²) >= 11 is 0. The Kier molecular flexibility index (Phi) is 5.79. The molecule has 0 saturated carbocycles. The van der Waals surface area contributed by atoms with Crippen molar-refractivity contribution in [3.8, 4) is 11.5 Å². The number of amides is 1. The first kappa shape index (κ1) is 20.1. The second kappa shape index (κ2) is 8.65. The molecule has 7 nitrogen and oxygen atoms in total. The standard InChI is InChI=1S/C23H27N3O4/c1-3-13-25-18-8-4-5-9-19(18)26(23(25)28)14-12-22(27)24(2)15-17-16-29-20-10-6-7-11-21(20)30-17/h4-11,17H,3,12-16H2,1-2H3/t17-/m1/s1. The van der Waals surface area contributed by atoms with Gasteiger partial charge in [0.15, 0.2) is 17.6 Å². The van der Waals surface area contributed by atoms with Crippen molar-refractivity contribution in [3.05, 3.63) is 59.0 Å². The number of carbonyl (C=O) groups excluding carboxylic acids is 1. The van der Waals surface area contributed by atoms with E-state index < -0.39 is 0 Å². The molecular weight excluding hydrogens is 382 g/mol. The number of aromatic nitrogens is 2. The molecule has 0 unspecified atom stereocenters. The maximum Gasteiger partial charge on any atom is 0.329 e. The first-order valence-electron chi connectivity index (χ1n) is 10.4. The van der Waals surface area contributed by atoms with Crippen molar-refractivity contribution >= 4 is 16.9 Å². The van der Waals surface area contributed by atoms with Crippen LogP contribution in [0.3, 0.4) is 0 Å². The molecule has 158 valence electrons. The minimum Gasteiger partial charge on any atom is -0.486 e. The van der Waals surface area contributed by atoms with Crippen LogP contribution in [0.5, 0.6) is 11.5 Å². The molecule has 30 heavy (non-hydrogen) atoms. The van der Waals surface area contributed by atoms with Gasteiger partial charge in [-0.15, -0.1) is 0 Å². The molecule has 7 heteroatoms. The highest BCUT2D eigenvalue weighted by molar-refractivity contribution is 5.78. The zero-order valence-electron chi connectivity index (χ0n) is 17.4. The van der Waals surface area contributed by atoms with Gasteiger partial charge in [-0.1, -0.05) is 31.2 Å². The summed E-state index contributed by atoms with van der Waals surface area (Å²) in [6.07, 6.45) is 0.908. The number of hydrogen-bond acceptors (Lipinski definition) is 4. The Morgan fingerprint density at radius 3 is 2.37 bits per heavy atom. The van der Waals surface area contributed by atoms with Gasteiger partial charge in [-0.25, -0.2) is 4.79 Å². The number of carbonyl (C=O) groups is 1. The van der Waals surface area contributed by atoms with Gasteiger partial charge in [0.05, 0.1) is 17.6 Å². The average Bonchev–Trinajstić information content (AvgIpc) is 3.03. The first-order valence-corrected chi connectivity index (χ1v) is 10.4. The molecule has 0 bridgehead atoms. The van der Waals surface area contributed by atoms with E-state index in [1.807, 2.05) is 55.5 Å². The lowest BCUT2D eigenvalue weighted by Crippen LogP contribution is -2.42. The number of ether oxygens (including phenoxy) is 2. The third-order valence-electron chi connectivity index (χ3n) is 5.39. The fourth-order valence-corrected chi connectivity index (χ4v) is 3.89. The maximum atomic E-state index is 12.9. The highest BCUT2D eigenvalue weighted by Gasteiger charge is 2.24. The fourth-order valence-electron chi connectivity index (χ4n) is 3.89. The van der Waals surface area contributed by atoms with Crippen molar-refractivity contribution in [3.63, 3.8) is 0 Å². The number of para-hydroxylation sites is 4. The summed E-state index contributed by atoms with van der Waals surface area (Å²) in [6.45, 7) is 3.90. The van der Waals surface area contributed by atoms with Gasteiger partial charge in [0, 0.05) is 26.6 Å². The van der Waals surface area contributed by atoms with E-state index in [2.05, 4.69) is 0 Å². The van der Waals surface area contributed by atoms with Gasteiger partial charge in [0.1, 0.15) is 6.61 Å². The Morgan fingerprint density at radius 1 is 1.03 bits per heavy atom. The molecule has 1 aliphatic rings. The molecule has 0 fully saturated rings. The lowest BCUT2D eigenvalue weighted by Gasteiger charge is -2.29. The normalized spacial score (nSPS) is 15.3. The molecule has 1 aromatic heterocycles. The first-order chi connectivity index (χ1) is 14.6. The highest BCUT2D eigenvalue weighted by Crippen LogP contribution is 2.31. The smallest absolute Gasteiger partial charge is 0.329 e. The van der Waals surface area contributed by atoms with Gasteiger partial charge in [-0.3, -0.25) is 13.9 Å². The number of aryl methyl sites for hydroxylation is 2. The van der Waals surface area contributed by atoms with Crippen LogP contribution in [0.2, 0.25) is 0 Å². The quantitative estimate of drug-likeness (QED) is 0.602. The second-order valence-electron chi connectivity index (χ2n) is 7.60. The number of imidazole rings is 1. The van der Waals surface area contributed by atoms with Crippen LogP contribution in [0.1, 0.15) is 19.8 Å². The number of benzene rings is 2. The number of likely N-dealkylation sites (N-methyl/N-ethyl adjacent to an activating group) is 1. The minimum absolute atomic E-state index is 0.0309. The molecule has 0 saturated heterocycles. The molecule has 2 aromatic carbocycles. The van der Waals surface area contributed by atoms with Crippen LogP contribution < -0.4 is 15.2 Å². The molecule has 1 aliphatic heterocycles. The van der Waals surface area contributed by atoms with Gasteiger partial charge in [0.2, 0.25) is 5.91 Å². The van der Waals surface area contributed by atoms with Crippen LogP contribution in [0.4, 0.5) is 0 Å². The van der Waals surface area contributed by atoms with E-state index in [9.17, 15) is 9.59 Å². The van der Waals surface area contributed by atoms with E-state index >= 15 is 0 Å². The predicted octanol–water partition coefficient (Wildman–Crippen LogP) is 2.90. The van der Waals surface area contributed by atoms with E-state index in [4.69, 9.17) is 9.47 Å².